The van der Waals surface area contributed by atoms with E-state index in [1.807, 2.05) is 10.3 Å². The molecule has 12 heteroatoms. The van der Waals surface area contributed by atoms with Gasteiger partial charge in [-0.15, -0.1) is 11.3 Å². The molecule has 0 aromatic carbocycles. The number of aryl methyl sites for hydroxylation is 1. The predicted molar refractivity (Wildman–Crippen MR) is 159 cm³/mol. The predicted octanol–water partition coefficient (Wildman–Crippen LogP) is 3.27. The molecule has 218 valence electrons. The van der Waals surface area contributed by atoms with Gasteiger partial charge in [-0.05, 0) is 62.1 Å². The zero-order chi connectivity index (χ0) is 28.9. The summed E-state index contributed by atoms with van der Waals surface area (Å²) in [6.07, 6.45) is 7.28. The molecule has 1 aliphatic carbocycles. The van der Waals surface area contributed by atoms with Gasteiger partial charge in [-0.25, -0.2) is 15.0 Å². The van der Waals surface area contributed by atoms with E-state index in [4.69, 9.17) is 5.73 Å². The van der Waals surface area contributed by atoms with E-state index in [2.05, 4.69) is 51.0 Å². The SMILES string of the molecule is CC1CCN(C2CCN(C(=O)Cc3csc(NC(=O)c4c5c(nn4C)-c4nc(N)ncc4CC5(C)C)n3)CC2)CC1. The molecule has 5 heterocycles. The van der Waals surface area contributed by atoms with E-state index in [1.54, 1.807) is 17.9 Å². The van der Waals surface area contributed by atoms with Crippen molar-refractivity contribution in [3.8, 4) is 11.4 Å². The highest BCUT2D eigenvalue weighted by atomic mass is 32.1. The van der Waals surface area contributed by atoms with Crippen LogP contribution in [0.15, 0.2) is 11.6 Å². The van der Waals surface area contributed by atoms with Crippen molar-refractivity contribution in [2.75, 3.05) is 37.2 Å². The molecule has 0 saturated carbocycles. The van der Waals surface area contributed by atoms with Crippen LogP contribution in [-0.4, -0.2) is 78.6 Å². The molecule has 6 rings (SSSR count). The minimum absolute atomic E-state index is 0.0984. The third kappa shape index (κ3) is 5.46. The number of piperidine rings is 2. The lowest BCUT2D eigenvalue weighted by Gasteiger charge is -2.41. The summed E-state index contributed by atoms with van der Waals surface area (Å²) < 4.78 is 1.60. The van der Waals surface area contributed by atoms with Crippen LogP contribution in [0.4, 0.5) is 11.1 Å². The first-order chi connectivity index (χ1) is 19.6. The Kier molecular flexibility index (Phi) is 7.31. The van der Waals surface area contributed by atoms with E-state index in [-0.39, 0.29) is 29.6 Å². The van der Waals surface area contributed by atoms with Crippen molar-refractivity contribution in [1.82, 2.24) is 34.5 Å². The fourth-order valence-corrected chi connectivity index (χ4v) is 7.36. The number of aromatic nitrogens is 5. The Bertz CT molecular complexity index is 1460. The summed E-state index contributed by atoms with van der Waals surface area (Å²) in [4.78, 5) is 44.4. The number of anilines is 2. The number of nitrogen functional groups attached to an aromatic ring is 1. The molecule has 2 aliphatic heterocycles. The van der Waals surface area contributed by atoms with Gasteiger partial charge in [0.05, 0.1) is 17.8 Å². The van der Waals surface area contributed by atoms with Gasteiger partial charge in [-0.3, -0.25) is 19.6 Å². The Labute approximate surface area is 244 Å². The third-order valence-electron chi connectivity index (χ3n) is 8.94. The molecule has 0 bridgehead atoms. The van der Waals surface area contributed by atoms with Gasteiger partial charge in [-0.2, -0.15) is 5.10 Å². The summed E-state index contributed by atoms with van der Waals surface area (Å²) >= 11 is 1.33. The molecule has 2 amide bonds. The number of carbonyl (C=O) groups excluding carboxylic acids is 2. The Hall–Kier alpha value is -3.38. The van der Waals surface area contributed by atoms with Crippen LogP contribution in [0.25, 0.3) is 11.4 Å². The van der Waals surface area contributed by atoms with Crippen molar-refractivity contribution in [2.24, 2.45) is 13.0 Å². The van der Waals surface area contributed by atoms with Crippen molar-refractivity contribution >= 4 is 34.2 Å². The second kappa shape index (κ2) is 10.8. The van der Waals surface area contributed by atoms with Crippen molar-refractivity contribution in [2.45, 2.75) is 70.8 Å². The molecule has 3 N–H and O–H groups in total. The number of hydrogen-bond donors (Lipinski definition) is 2. The van der Waals surface area contributed by atoms with Crippen LogP contribution in [0.2, 0.25) is 0 Å². The highest BCUT2D eigenvalue weighted by Gasteiger charge is 2.40. The van der Waals surface area contributed by atoms with Gasteiger partial charge in [-0.1, -0.05) is 20.8 Å². The molecular formula is C29H39N9O2S. The standard InChI is InChI=1S/C29H39N9O2S/c1-17-5-9-37(10-6-17)20-7-11-38(12-8-20)21(39)13-19-16-41-28(32-19)34-26(40)25-22-24(35-36(25)4)23-18(14-29(22,2)3)15-31-27(30)33-23/h15-17,20H,5-14H2,1-4H3,(H2,30,31,33)(H,32,34,40). The van der Waals surface area contributed by atoms with Gasteiger partial charge in [0.15, 0.2) is 5.13 Å². The number of rotatable bonds is 5. The molecule has 11 nitrogen and oxygen atoms in total. The van der Waals surface area contributed by atoms with Crippen LogP contribution in [0.5, 0.6) is 0 Å². The number of nitrogens with two attached hydrogens (primary N) is 1. The van der Waals surface area contributed by atoms with Gasteiger partial charge < -0.3 is 15.5 Å². The number of carbonyl (C=O) groups is 2. The molecule has 0 atom stereocenters. The number of likely N-dealkylation sites (tertiary alicyclic amines) is 2. The molecule has 3 aliphatic rings. The molecular weight excluding hydrogens is 538 g/mol. The van der Waals surface area contributed by atoms with Gasteiger partial charge >= 0.3 is 0 Å². The minimum atomic E-state index is -0.358. The number of amides is 2. The molecule has 0 spiro atoms. The molecule has 3 aromatic rings. The lowest BCUT2D eigenvalue weighted by molar-refractivity contribution is -0.132. The van der Waals surface area contributed by atoms with Gasteiger partial charge in [0.1, 0.15) is 11.4 Å². The van der Waals surface area contributed by atoms with Crippen molar-refractivity contribution in [1.29, 1.82) is 0 Å². The molecule has 3 aromatic heterocycles. The van der Waals surface area contributed by atoms with Crippen LogP contribution in [0, 0.1) is 5.92 Å². The number of fused-ring (bicyclic) bond motifs is 3. The van der Waals surface area contributed by atoms with E-state index >= 15 is 0 Å². The third-order valence-corrected chi connectivity index (χ3v) is 9.74. The summed E-state index contributed by atoms with van der Waals surface area (Å²) in [5, 5.41) is 9.93. The Morgan fingerprint density at radius 3 is 2.56 bits per heavy atom. The van der Waals surface area contributed by atoms with Crippen LogP contribution in [0.1, 0.15) is 73.8 Å². The minimum Gasteiger partial charge on any atom is -0.368 e. The maximum atomic E-state index is 13.6. The van der Waals surface area contributed by atoms with Crippen LogP contribution in [0.3, 0.4) is 0 Å². The zero-order valence-electron chi connectivity index (χ0n) is 24.3. The van der Waals surface area contributed by atoms with Gasteiger partial charge in [0.25, 0.3) is 5.91 Å². The second-order valence-electron chi connectivity index (χ2n) is 12.5. The summed E-state index contributed by atoms with van der Waals surface area (Å²) in [5.41, 5.74) is 9.77. The summed E-state index contributed by atoms with van der Waals surface area (Å²) in [6.45, 7) is 10.5. The van der Waals surface area contributed by atoms with Crippen LogP contribution < -0.4 is 11.1 Å². The zero-order valence-corrected chi connectivity index (χ0v) is 25.1. The van der Waals surface area contributed by atoms with E-state index in [0.717, 1.165) is 43.0 Å². The molecule has 41 heavy (non-hydrogen) atoms. The normalized spacial score (nSPS) is 19.6. The smallest absolute Gasteiger partial charge is 0.276 e. The summed E-state index contributed by atoms with van der Waals surface area (Å²) in [5.74, 6) is 0.814. The maximum absolute atomic E-state index is 13.6. The number of thiazole rings is 1. The first-order valence-electron chi connectivity index (χ1n) is 14.6. The Morgan fingerprint density at radius 2 is 1.83 bits per heavy atom. The molecule has 0 unspecified atom stereocenters. The maximum Gasteiger partial charge on any atom is 0.276 e. The monoisotopic (exact) mass is 577 g/mol. The highest BCUT2D eigenvalue weighted by molar-refractivity contribution is 7.14. The fraction of sp³-hybridized carbons (Fsp3) is 0.586. The van der Waals surface area contributed by atoms with Crippen molar-refractivity contribution < 1.29 is 9.59 Å². The topological polar surface area (TPSA) is 135 Å². The first-order valence-corrected chi connectivity index (χ1v) is 15.4. The van der Waals surface area contributed by atoms with Crippen LogP contribution in [-0.2, 0) is 30.1 Å². The highest BCUT2D eigenvalue weighted by Crippen LogP contribution is 2.43. The molecule has 2 saturated heterocycles. The molecule has 0 radical (unpaired) electrons. The van der Waals surface area contributed by atoms with Crippen molar-refractivity contribution in [3.05, 3.63) is 34.1 Å². The molecule has 2 fully saturated rings. The van der Waals surface area contributed by atoms with E-state index < -0.39 is 0 Å². The Morgan fingerprint density at radius 1 is 1.10 bits per heavy atom. The van der Waals surface area contributed by atoms with E-state index in [0.29, 0.717) is 40.4 Å². The van der Waals surface area contributed by atoms with Crippen molar-refractivity contribution in [3.63, 3.8) is 0 Å². The fourth-order valence-electron chi connectivity index (χ4n) is 6.65. The summed E-state index contributed by atoms with van der Waals surface area (Å²) in [7, 11) is 1.76. The van der Waals surface area contributed by atoms with Crippen LogP contribution >= 0.6 is 11.3 Å². The second-order valence-corrected chi connectivity index (χ2v) is 13.3. The van der Waals surface area contributed by atoms with Gasteiger partial charge in [0, 0.05) is 43.3 Å². The number of nitrogens with one attached hydrogen (secondary N) is 1. The number of hydrogen-bond acceptors (Lipinski definition) is 9. The van der Waals surface area contributed by atoms with Gasteiger partial charge in [0.2, 0.25) is 11.9 Å². The largest absolute Gasteiger partial charge is 0.368 e. The Balaban J connectivity index is 1.10. The van der Waals surface area contributed by atoms with E-state index in [9.17, 15) is 9.59 Å². The first kappa shape index (κ1) is 27.8. The average Bonchev–Trinajstić information content (AvgIpc) is 3.53. The number of nitrogens with zero attached hydrogens (tertiary/aromatic N) is 7. The summed E-state index contributed by atoms with van der Waals surface area (Å²) in [6, 6.07) is 0.591. The lowest BCUT2D eigenvalue weighted by atomic mass is 9.73. The average molecular weight is 578 g/mol. The lowest BCUT2D eigenvalue weighted by Crippen LogP contribution is -2.49. The quantitative estimate of drug-likeness (QED) is 0.472. The van der Waals surface area contributed by atoms with E-state index in [1.165, 1.54) is 37.3 Å².